The lowest BCUT2D eigenvalue weighted by Crippen LogP contribution is -2.33. The number of allylic oxidation sites excluding steroid dienone is 1. The normalized spacial score (nSPS) is 17.9. The molecular formula is C33H30N2O5S. The Balaban J connectivity index is 1.72. The van der Waals surface area contributed by atoms with Gasteiger partial charge in [-0.2, -0.15) is 5.11 Å². The lowest BCUT2D eigenvalue weighted by atomic mass is 9.81. The Labute approximate surface area is 240 Å². The fraction of sp³-hybridized carbons (Fsp3) is 0.182. The Morgan fingerprint density at radius 2 is 1.34 bits per heavy atom. The van der Waals surface area contributed by atoms with Crippen LogP contribution in [0, 0.1) is 12.3 Å². The predicted molar refractivity (Wildman–Crippen MR) is 159 cm³/mol. The van der Waals surface area contributed by atoms with Crippen LogP contribution < -0.4 is 9.47 Å². The first-order chi connectivity index (χ1) is 19.7. The maximum Gasteiger partial charge on any atom is 0.179 e. The number of carbonyl (C=O) groups excluding carboxylic acids is 1. The van der Waals surface area contributed by atoms with Gasteiger partial charge < -0.3 is 9.47 Å². The molecule has 4 aromatic carbocycles. The number of fused-ring (bicyclic) bond motifs is 1. The molecule has 0 fully saturated rings. The topological polar surface area (TPSA) is 94.4 Å². The van der Waals surface area contributed by atoms with E-state index in [-0.39, 0.29) is 10.7 Å². The number of benzene rings is 4. The Morgan fingerprint density at radius 1 is 0.780 bits per heavy atom. The average molecular weight is 567 g/mol. The molecule has 0 bridgehead atoms. The summed E-state index contributed by atoms with van der Waals surface area (Å²) in [5.74, 6) is 0.514. The standard InChI is InChI=1S/C33H30N2O5S/c1-22-9-11-23(12-10-22)31(35-34-24-13-15-25(39-3)16-14-24)30-28-7-5-6-8-29(28)32(36)33(30,2)21-41(37,38)27-19-17-26(40-4)18-20-27/h5-20H,21H2,1-4H3/b31-30-,35-34?. The van der Waals surface area contributed by atoms with Crippen LogP contribution in [0.2, 0.25) is 0 Å². The van der Waals surface area contributed by atoms with Gasteiger partial charge in [-0.25, -0.2) is 8.42 Å². The Kier molecular flexibility index (Phi) is 7.60. The van der Waals surface area contributed by atoms with Crippen molar-refractivity contribution in [1.82, 2.24) is 0 Å². The van der Waals surface area contributed by atoms with Crippen molar-refractivity contribution in [3.05, 3.63) is 119 Å². The van der Waals surface area contributed by atoms with Gasteiger partial charge in [0.15, 0.2) is 15.6 Å². The SMILES string of the molecule is COc1ccc(N=N/C(=C2/c3ccccc3C(=O)C2(C)CS(=O)(=O)c2ccc(OC)cc2)c2ccc(C)cc2)cc1. The van der Waals surface area contributed by atoms with E-state index in [1.165, 1.54) is 19.2 Å². The van der Waals surface area contributed by atoms with Gasteiger partial charge in [-0.3, -0.25) is 4.79 Å². The van der Waals surface area contributed by atoms with E-state index in [4.69, 9.17) is 9.47 Å². The first kappa shape index (κ1) is 28.0. The highest BCUT2D eigenvalue weighted by atomic mass is 32.2. The molecule has 0 radical (unpaired) electrons. The largest absolute Gasteiger partial charge is 0.497 e. The second-order valence-corrected chi connectivity index (χ2v) is 12.1. The summed E-state index contributed by atoms with van der Waals surface area (Å²) >= 11 is 0. The zero-order valence-electron chi connectivity index (χ0n) is 23.3. The first-order valence-electron chi connectivity index (χ1n) is 13.0. The second kappa shape index (κ2) is 11.1. The number of carbonyl (C=O) groups is 1. The van der Waals surface area contributed by atoms with Crippen molar-refractivity contribution in [3.8, 4) is 11.5 Å². The van der Waals surface area contributed by atoms with Gasteiger partial charge in [0, 0.05) is 16.7 Å². The molecule has 0 heterocycles. The smallest absolute Gasteiger partial charge is 0.179 e. The number of rotatable bonds is 8. The molecule has 5 rings (SSSR count). The van der Waals surface area contributed by atoms with Crippen molar-refractivity contribution < 1.29 is 22.7 Å². The van der Waals surface area contributed by atoms with Crippen molar-refractivity contribution in [2.24, 2.45) is 15.6 Å². The monoisotopic (exact) mass is 566 g/mol. The van der Waals surface area contributed by atoms with E-state index in [0.29, 0.717) is 39.6 Å². The fourth-order valence-corrected chi connectivity index (χ4v) is 6.85. The van der Waals surface area contributed by atoms with Gasteiger partial charge in [-0.05, 0) is 67.9 Å². The minimum atomic E-state index is -3.90. The number of sulfone groups is 1. The minimum absolute atomic E-state index is 0.111. The summed E-state index contributed by atoms with van der Waals surface area (Å²) in [6.07, 6.45) is 0. The average Bonchev–Trinajstić information content (AvgIpc) is 3.20. The van der Waals surface area contributed by atoms with Gasteiger partial charge >= 0.3 is 0 Å². The molecule has 208 valence electrons. The summed E-state index contributed by atoms with van der Waals surface area (Å²) in [7, 11) is -0.799. The Bertz CT molecular complexity index is 1760. The Morgan fingerprint density at radius 3 is 1.93 bits per heavy atom. The van der Waals surface area contributed by atoms with E-state index in [1.807, 2.05) is 43.3 Å². The van der Waals surface area contributed by atoms with E-state index in [0.717, 1.165) is 11.1 Å². The number of Topliss-reactive ketones (excluding diaryl/α,β-unsaturated/α-hetero) is 1. The van der Waals surface area contributed by atoms with Crippen molar-refractivity contribution in [2.75, 3.05) is 20.0 Å². The number of nitrogens with zero attached hydrogens (tertiary/aromatic N) is 2. The van der Waals surface area contributed by atoms with Crippen molar-refractivity contribution in [2.45, 2.75) is 18.7 Å². The van der Waals surface area contributed by atoms with E-state index < -0.39 is 21.0 Å². The summed E-state index contributed by atoms with van der Waals surface area (Å²) in [6, 6.07) is 28.2. The molecule has 7 nitrogen and oxygen atoms in total. The Hall–Kier alpha value is -4.56. The predicted octanol–water partition coefficient (Wildman–Crippen LogP) is 7.34. The number of ketones is 1. The minimum Gasteiger partial charge on any atom is -0.497 e. The van der Waals surface area contributed by atoms with E-state index >= 15 is 0 Å². The highest BCUT2D eigenvalue weighted by Gasteiger charge is 2.50. The second-order valence-electron chi connectivity index (χ2n) is 10.1. The molecule has 1 aliphatic carbocycles. The summed E-state index contributed by atoms with van der Waals surface area (Å²) in [4.78, 5) is 14.2. The van der Waals surface area contributed by atoms with Crippen LogP contribution in [-0.2, 0) is 9.84 Å². The molecule has 1 unspecified atom stereocenters. The molecule has 1 atom stereocenters. The highest BCUT2D eigenvalue weighted by molar-refractivity contribution is 7.91. The zero-order valence-corrected chi connectivity index (χ0v) is 24.1. The molecule has 8 heteroatoms. The van der Waals surface area contributed by atoms with Crippen LogP contribution in [0.5, 0.6) is 11.5 Å². The molecule has 0 spiro atoms. The molecule has 0 saturated carbocycles. The van der Waals surface area contributed by atoms with Crippen LogP contribution in [0.1, 0.15) is 34.0 Å². The summed E-state index contributed by atoms with van der Waals surface area (Å²) < 4.78 is 38.0. The number of aryl methyl sites for hydroxylation is 1. The molecule has 0 amide bonds. The highest BCUT2D eigenvalue weighted by Crippen LogP contribution is 2.51. The maximum absolute atomic E-state index is 14.1. The third kappa shape index (κ3) is 5.43. The van der Waals surface area contributed by atoms with Crippen LogP contribution in [0.4, 0.5) is 5.69 Å². The third-order valence-corrected chi connectivity index (χ3v) is 9.24. The molecule has 0 aromatic heterocycles. The number of azo groups is 1. The molecule has 0 N–H and O–H groups in total. The fourth-order valence-electron chi connectivity index (χ4n) is 5.10. The number of ether oxygens (including phenoxy) is 2. The van der Waals surface area contributed by atoms with E-state index in [9.17, 15) is 13.2 Å². The first-order valence-corrected chi connectivity index (χ1v) is 14.7. The molecular weight excluding hydrogens is 536 g/mol. The number of hydrogen-bond acceptors (Lipinski definition) is 7. The van der Waals surface area contributed by atoms with Crippen LogP contribution >= 0.6 is 0 Å². The molecule has 0 aliphatic heterocycles. The molecule has 41 heavy (non-hydrogen) atoms. The van der Waals surface area contributed by atoms with Gasteiger partial charge in [-0.15, -0.1) is 5.11 Å². The molecule has 4 aromatic rings. The maximum atomic E-state index is 14.1. The number of hydrogen-bond donors (Lipinski definition) is 0. The number of methoxy groups -OCH3 is 2. The lowest BCUT2D eigenvalue weighted by Gasteiger charge is -2.26. The van der Waals surface area contributed by atoms with E-state index in [2.05, 4.69) is 10.2 Å². The molecule has 0 saturated heterocycles. The summed E-state index contributed by atoms with van der Waals surface area (Å²) in [5, 5.41) is 9.19. The zero-order chi connectivity index (χ0) is 29.2. The lowest BCUT2D eigenvalue weighted by molar-refractivity contribution is 0.0907. The van der Waals surface area contributed by atoms with Gasteiger partial charge in [0.2, 0.25) is 0 Å². The van der Waals surface area contributed by atoms with Gasteiger partial charge in [0.05, 0.1) is 41.7 Å². The van der Waals surface area contributed by atoms with Gasteiger partial charge in [0.1, 0.15) is 11.5 Å². The summed E-state index contributed by atoms with van der Waals surface area (Å²) in [5.41, 5.74) is 3.00. The molecule has 1 aliphatic rings. The van der Waals surface area contributed by atoms with Crippen LogP contribution in [0.15, 0.2) is 112 Å². The summed E-state index contributed by atoms with van der Waals surface area (Å²) in [6.45, 7) is 3.66. The van der Waals surface area contributed by atoms with Crippen LogP contribution in [0.25, 0.3) is 11.3 Å². The van der Waals surface area contributed by atoms with Crippen LogP contribution in [-0.4, -0.2) is 34.2 Å². The van der Waals surface area contributed by atoms with Crippen molar-refractivity contribution >= 4 is 32.6 Å². The third-order valence-electron chi connectivity index (χ3n) is 7.29. The van der Waals surface area contributed by atoms with Crippen molar-refractivity contribution in [3.63, 3.8) is 0 Å². The van der Waals surface area contributed by atoms with Crippen LogP contribution in [0.3, 0.4) is 0 Å². The quantitative estimate of drug-likeness (QED) is 0.208. The van der Waals surface area contributed by atoms with Gasteiger partial charge in [-0.1, -0.05) is 54.1 Å². The van der Waals surface area contributed by atoms with Gasteiger partial charge in [0.25, 0.3) is 0 Å². The van der Waals surface area contributed by atoms with E-state index in [1.54, 1.807) is 62.6 Å². The van der Waals surface area contributed by atoms with Crippen molar-refractivity contribution in [1.29, 1.82) is 0 Å².